The molecule has 2 aromatic rings. The van der Waals surface area contributed by atoms with Crippen LogP contribution in [0.1, 0.15) is 12.6 Å². The van der Waals surface area contributed by atoms with Crippen molar-refractivity contribution in [3.8, 4) is 0 Å². The van der Waals surface area contributed by atoms with Crippen molar-refractivity contribution >= 4 is 37.8 Å². The summed E-state index contributed by atoms with van der Waals surface area (Å²) < 4.78 is 5.26. The van der Waals surface area contributed by atoms with E-state index in [1.807, 2.05) is 11.6 Å². The first kappa shape index (κ1) is 15.2. The summed E-state index contributed by atoms with van der Waals surface area (Å²) in [6.07, 6.45) is 5.19. The average Bonchev–Trinajstić information content (AvgIpc) is 2.97. The summed E-state index contributed by atoms with van der Waals surface area (Å²) in [5.74, 6) is -0.00338. The second-order valence-electron chi connectivity index (χ2n) is 4.36. The third-order valence-corrected chi connectivity index (χ3v) is 3.98. The van der Waals surface area contributed by atoms with E-state index in [1.165, 1.54) is 0 Å². The lowest BCUT2D eigenvalue weighted by molar-refractivity contribution is -0.131. The van der Waals surface area contributed by atoms with E-state index in [4.69, 9.17) is 0 Å². The molecule has 1 amide bonds. The molecule has 0 unspecified atom stereocenters. The van der Waals surface area contributed by atoms with Gasteiger partial charge in [0.15, 0.2) is 0 Å². The fourth-order valence-electron chi connectivity index (χ4n) is 1.81. The van der Waals surface area contributed by atoms with Gasteiger partial charge in [0, 0.05) is 19.8 Å². The van der Waals surface area contributed by atoms with E-state index in [9.17, 15) is 4.79 Å². The van der Waals surface area contributed by atoms with Crippen molar-refractivity contribution < 1.29 is 4.79 Å². The van der Waals surface area contributed by atoms with Crippen LogP contribution in [0.25, 0.3) is 0 Å². The molecule has 0 N–H and O–H groups in total. The van der Waals surface area contributed by atoms with Crippen LogP contribution >= 0.6 is 31.9 Å². The van der Waals surface area contributed by atoms with Gasteiger partial charge in [-0.15, -0.1) is 0 Å². The predicted molar refractivity (Wildman–Crippen MR) is 82.0 cm³/mol. The Morgan fingerprint density at radius 3 is 2.70 bits per heavy atom. The summed E-state index contributed by atoms with van der Waals surface area (Å²) >= 11 is 6.77. The largest absolute Gasteiger partial charge is 0.338 e. The van der Waals surface area contributed by atoms with Gasteiger partial charge in [-0.25, -0.2) is 0 Å². The number of hydrogen-bond acceptors (Lipinski definition) is 3. The van der Waals surface area contributed by atoms with E-state index in [2.05, 4.69) is 42.1 Å². The highest BCUT2D eigenvalue weighted by Gasteiger charge is 2.15. The number of carbonyl (C=O) groups is 1. The van der Waals surface area contributed by atoms with Gasteiger partial charge in [-0.3, -0.25) is 14.2 Å². The van der Waals surface area contributed by atoms with Gasteiger partial charge in [-0.2, -0.15) is 10.2 Å². The molecule has 0 aliphatic carbocycles. The average molecular weight is 405 g/mol. The van der Waals surface area contributed by atoms with Crippen LogP contribution in [0, 0.1) is 0 Å². The molecule has 2 rings (SSSR count). The number of aromatic nitrogens is 4. The minimum absolute atomic E-state index is 0.00338. The van der Waals surface area contributed by atoms with E-state index >= 15 is 0 Å². The van der Waals surface area contributed by atoms with E-state index in [0.29, 0.717) is 6.54 Å². The van der Waals surface area contributed by atoms with Gasteiger partial charge < -0.3 is 4.90 Å². The monoisotopic (exact) mass is 403 g/mol. The van der Waals surface area contributed by atoms with Gasteiger partial charge in [0.2, 0.25) is 5.91 Å². The molecule has 2 aromatic heterocycles. The van der Waals surface area contributed by atoms with Crippen molar-refractivity contribution in [3.63, 3.8) is 0 Å². The Morgan fingerprint density at radius 2 is 2.10 bits per heavy atom. The molecular formula is C12H15Br2N5O. The standard InChI is InChI=1S/C12H15Br2N5O/c1-3-19-11(10(14)5-16-19)7-17(2)12(20)8-18-6-9(13)4-15-18/h4-6H,3,7-8H2,1-2H3. The van der Waals surface area contributed by atoms with Crippen molar-refractivity contribution in [3.05, 3.63) is 33.2 Å². The first-order valence-electron chi connectivity index (χ1n) is 6.13. The van der Waals surface area contributed by atoms with Crippen molar-refractivity contribution in [2.75, 3.05) is 7.05 Å². The van der Waals surface area contributed by atoms with Crippen LogP contribution < -0.4 is 0 Å². The topological polar surface area (TPSA) is 56.0 Å². The predicted octanol–water partition coefficient (Wildman–Crippen LogP) is 2.28. The van der Waals surface area contributed by atoms with Crippen LogP contribution in [0.3, 0.4) is 0 Å². The van der Waals surface area contributed by atoms with Crippen LogP contribution in [-0.4, -0.2) is 37.4 Å². The summed E-state index contributed by atoms with van der Waals surface area (Å²) in [4.78, 5) is 13.8. The molecule has 0 aromatic carbocycles. The van der Waals surface area contributed by atoms with Crippen LogP contribution in [0.15, 0.2) is 27.5 Å². The van der Waals surface area contributed by atoms with Gasteiger partial charge in [0.1, 0.15) is 6.54 Å². The lowest BCUT2D eigenvalue weighted by Gasteiger charge is -2.18. The van der Waals surface area contributed by atoms with Crippen molar-refractivity contribution in [1.82, 2.24) is 24.5 Å². The van der Waals surface area contributed by atoms with E-state index in [-0.39, 0.29) is 12.5 Å². The first-order chi connectivity index (χ1) is 9.51. The molecule has 0 saturated heterocycles. The van der Waals surface area contributed by atoms with Crippen molar-refractivity contribution in [2.45, 2.75) is 26.6 Å². The molecular weight excluding hydrogens is 390 g/mol. The second-order valence-corrected chi connectivity index (χ2v) is 6.13. The third-order valence-electron chi connectivity index (χ3n) is 2.91. The highest BCUT2D eigenvalue weighted by Crippen LogP contribution is 2.17. The second kappa shape index (κ2) is 6.53. The Labute approximate surface area is 134 Å². The maximum atomic E-state index is 12.2. The number of rotatable bonds is 5. The summed E-state index contributed by atoms with van der Waals surface area (Å²) in [6, 6.07) is 0. The highest BCUT2D eigenvalue weighted by atomic mass is 79.9. The molecule has 108 valence electrons. The van der Waals surface area contributed by atoms with E-state index in [0.717, 1.165) is 21.2 Å². The van der Waals surface area contributed by atoms with Crippen LogP contribution in [0.2, 0.25) is 0 Å². The number of carbonyl (C=O) groups excluding carboxylic acids is 1. The number of halogens is 2. The minimum Gasteiger partial charge on any atom is -0.338 e. The van der Waals surface area contributed by atoms with Gasteiger partial charge in [0.25, 0.3) is 0 Å². The van der Waals surface area contributed by atoms with Gasteiger partial charge in [0.05, 0.1) is 33.6 Å². The number of aryl methyl sites for hydroxylation is 1. The molecule has 0 bridgehead atoms. The quantitative estimate of drug-likeness (QED) is 0.768. The Morgan fingerprint density at radius 1 is 1.35 bits per heavy atom. The molecule has 0 aliphatic rings. The first-order valence-corrected chi connectivity index (χ1v) is 7.72. The Kier molecular flexibility index (Phi) is 4.98. The number of hydrogen-bond donors (Lipinski definition) is 0. The lowest BCUT2D eigenvalue weighted by Crippen LogP contribution is -2.31. The Bertz CT molecular complexity index is 607. The lowest BCUT2D eigenvalue weighted by atomic mass is 10.3. The van der Waals surface area contributed by atoms with Crippen LogP contribution in [0.5, 0.6) is 0 Å². The van der Waals surface area contributed by atoms with E-state index < -0.39 is 0 Å². The Hall–Kier alpha value is -1.15. The molecule has 2 heterocycles. The van der Waals surface area contributed by atoms with Crippen LogP contribution in [-0.2, 0) is 24.4 Å². The maximum absolute atomic E-state index is 12.2. The highest BCUT2D eigenvalue weighted by molar-refractivity contribution is 9.10. The normalized spacial score (nSPS) is 10.8. The number of amides is 1. The summed E-state index contributed by atoms with van der Waals surface area (Å²) in [5.41, 5.74) is 0.991. The van der Waals surface area contributed by atoms with E-state index in [1.54, 1.807) is 35.2 Å². The minimum atomic E-state index is -0.00338. The fraction of sp³-hybridized carbons (Fsp3) is 0.417. The van der Waals surface area contributed by atoms with Crippen molar-refractivity contribution in [2.24, 2.45) is 0 Å². The molecule has 0 spiro atoms. The molecule has 0 radical (unpaired) electrons. The number of likely N-dealkylation sites (N-methyl/N-ethyl adjacent to an activating group) is 1. The molecule has 6 nitrogen and oxygen atoms in total. The molecule has 0 atom stereocenters. The molecule has 0 fully saturated rings. The van der Waals surface area contributed by atoms with Crippen LogP contribution in [0.4, 0.5) is 0 Å². The third kappa shape index (κ3) is 3.49. The zero-order chi connectivity index (χ0) is 14.7. The SMILES string of the molecule is CCn1ncc(Br)c1CN(C)C(=O)Cn1cc(Br)cn1. The molecule has 20 heavy (non-hydrogen) atoms. The smallest absolute Gasteiger partial charge is 0.244 e. The zero-order valence-electron chi connectivity index (χ0n) is 11.3. The molecule has 0 aliphatic heterocycles. The summed E-state index contributed by atoms with van der Waals surface area (Å²) in [6.45, 7) is 3.52. The molecule has 8 heteroatoms. The zero-order valence-corrected chi connectivity index (χ0v) is 14.4. The Balaban J connectivity index is 2.02. The fourth-order valence-corrected chi connectivity index (χ4v) is 2.56. The van der Waals surface area contributed by atoms with Crippen molar-refractivity contribution in [1.29, 1.82) is 0 Å². The van der Waals surface area contributed by atoms with Gasteiger partial charge in [-0.05, 0) is 38.8 Å². The van der Waals surface area contributed by atoms with Gasteiger partial charge in [-0.1, -0.05) is 0 Å². The van der Waals surface area contributed by atoms with Gasteiger partial charge >= 0.3 is 0 Å². The maximum Gasteiger partial charge on any atom is 0.244 e. The molecule has 0 saturated carbocycles. The summed E-state index contributed by atoms with van der Waals surface area (Å²) in [7, 11) is 1.78. The number of nitrogens with zero attached hydrogens (tertiary/aromatic N) is 5. The summed E-state index contributed by atoms with van der Waals surface area (Å²) in [5, 5.41) is 8.32.